The highest BCUT2D eigenvalue weighted by atomic mass is 35.5. The third-order valence-electron chi connectivity index (χ3n) is 3.96. The summed E-state index contributed by atoms with van der Waals surface area (Å²) in [6.45, 7) is 1.50. The summed E-state index contributed by atoms with van der Waals surface area (Å²) < 4.78 is 5.56. The highest BCUT2D eigenvalue weighted by Crippen LogP contribution is 2.31. The predicted octanol–water partition coefficient (Wildman–Crippen LogP) is 2.78. The topological polar surface area (TPSA) is 95.4 Å². The lowest BCUT2D eigenvalue weighted by Gasteiger charge is -2.09. The van der Waals surface area contributed by atoms with E-state index in [2.05, 4.69) is 25.3 Å². The molecule has 7 nitrogen and oxygen atoms in total. The molecule has 2 aromatic heterocycles. The molecule has 0 aliphatic carbocycles. The van der Waals surface area contributed by atoms with Crippen LogP contribution in [0.15, 0.2) is 23.3 Å². The van der Waals surface area contributed by atoms with Gasteiger partial charge in [0, 0.05) is 36.7 Å². The second-order valence-electron chi connectivity index (χ2n) is 5.57. The molecular weight excluding hydrogens is 330 g/mol. The molecule has 126 valence electrons. The molecule has 2 aliphatic rings. The van der Waals surface area contributed by atoms with Crippen molar-refractivity contribution in [3.8, 4) is 5.88 Å². The van der Waals surface area contributed by atoms with Crippen molar-refractivity contribution in [3.63, 3.8) is 0 Å². The van der Waals surface area contributed by atoms with Crippen LogP contribution in [0.4, 0.5) is 11.8 Å². The summed E-state index contributed by atoms with van der Waals surface area (Å²) in [5.41, 5.74) is 2.37. The van der Waals surface area contributed by atoms with E-state index < -0.39 is 0 Å². The van der Waals surface area contributed by atoms with Crippen LogP contribution in [0.5, 0.6) is 5.88 Å². The maximum Gasteiger partial charge on any atom is 0.238 e. The average Bonchev–Trinajstić information content (AvgIpc) is 3.28. The first-order chi connectivity index (χ1) is 11.3. The molecule has 0 saturated carbocycles. The van der Waals surface area contributed by atoms with E-state index >= 15 is 0 Å². The number of fused-ring (bicyclic) bond motifs is 1. The van der Waals surface area contributed by atoms with E-state index in [-0.39, 0.29) is 24.4 Å². The summed E-state index contributed by atoms with van der Waals surface area (Å²) in [4.78, 5) is 15.6. The maximum atomic E-state index is 10.0. The third kappa shape index (κ3) is 3.27. The van der Waals surface area contributed by atoms with Gasteiger partial charge < -0.3 is 20.1 Å². The van der Waals surface area contributed by atoms with Gasteiger partial charge in [0.25, 0.3) is 0 Å². The molecule has 0 radical (unpaired) electrons. The zero-order valence-corrected chi connectivity index (χ0v) is 13.7. The number of ether oxygens (including phenoxy) is 1. The molecule has 8 heteroatoms. The van der Waals surface area contributed by atoms with Crippen molar-refractivity contribution in [1.82, 2.24) is 15.0 Å². The monoisotopic (exact) mass is 347 g/mol. The van der Waals surface area contributed by atoms with E-state index in [1.807, 2.05) is 18.2 Å². The van der Waals surface area contributed by atoms with Gasteiger partial charge in [0.2, 0.25) is 11.8 Å². The van der Waals surface area contributed by atoms with E-state index in [1.54, 1.807) is 12.4 Å². The number of nitrogens with one attached hydrogen (secondary N) is 2. The van der Waals surface area contributed by atoms with Gasteiger partial charge in [0.05, 0.1) is 6.10 Å². The van der Waals surface area contributed by atoms with Crippen LogP contribution in [0.25, 0.3) is 11.6 Å². The van der Waals surface area contributed by atoms with Crippen LogP contribution < -0.4 is 5.32 Å². The van der Waals surface area contributed by atoms with Crippen LogP contribution in [0, 0.1) is 0 Å². The Hall–Kier alpha value is -2.38. The molecule has 2 aromatic rings. The van der Waals surface area contributed by atoms with Gasteiger partial charge in [0.15, 0.2) is 5.82 Å². The summed E-state index contributed by atoms with van der Waals surface area (Å²) >= 11 is 0. The van der Waals surface area contributed by atoms with E-state index in [4.69, 9.17) is 4.74 Å². The van der Waals surface area contributed by atoms with E-state index in [1.165, 1.54) is 0 Å². The van der Waals surface area contributed by atoms with Crippen molar-refractivity contribution < 1.29 is 9.84 Å². The normalized spacial score (nSPS) is 20.2. The molecule has 1 fully saturated rings. The minimum Gasteiger partial charge on any atom is -0.492 e. The fourth-order valence-electron chi connectivity index (χ4n) is 2.77. The molecule has 0 spiro atoms. The van der Waals surface area contributed by atoms with Gasteiger partial charge in [0.1, 0.15) is 5.69 Å². The molecular formula is C16H18ClN5O2. The van der Waals surface area contributed by atoms with Gasteiger partial charge in [-0.1, -0.05) is 0 Å². The Morgan fingerprint density at radius 2 is 2.38 bits per heavy atom. The van der Waals surface area contributed by atoms with Crippen molar-refractivity contribution in [3.05, 3.63) is 29.6 Å². The Bertz CT molecular complexity index is 781. The maximum absolute atomic E-state index is 10.0. The number of pyridine rings is 1. The zero-order chi connectivity index (χ0) is 15.6. The molecule has 2 aliphatic heterocycles. The minimum atomic E-state index is -0.0434. The largest absolute Gasteiger partial charge is 0.492 e. The standard InChI is InChI=1S/C16H17N5O2.ClH/c22-15-13(7-10-8-18-14-12(10)4-1-5-17-14)20-16(21-15)19-9-11-3-2-6-23-11;/h1,4-5,7-8,11,22H,2-3,6,9H2,(H2,19,20,21);1H/b10-7+;. The van der Waals surface area contributed by atoms with Crippen molar-refractivity contribution in [2.75, 3.05) is 18.5 Å². The van der Waals surface area contributed by atoms with Crippen LogP contribution in [-0.2, 0) is 4.74 Å². The number of aliphatic imine (C=N–C) groups is 1. The Balaban J connectivity index is 0.00000169. The molecule has 0 aromatic carbocycles. The van der Waals surface area contributed by atoms with Crippen molar-refractivity contribution >= 4 is 42.0 Å². The number of imidazole rings is 1. The van der Waals surface area contributed by atoms with Crippen molar-refractivity contribution in [2.24, 2.45) is 4.99 Å². The molecule has 3 N–H and O–H groups in total. The number of nitrogens with zero attached hydrogens (tertiary/aromatic N) is 3. The lowest BCUT2D eigenvalue weighted by molar-refractivity contribution is 0.120. The molecule has 1 atom stereocenters. The summed E-state index contributed by atoms with van der Waals surface area (Å²) in [6, 6.07) is 3.81. The number of H-pyrrole nitrogens is 1. The third-order valence-corrected chi connectivity index (χ3v) is 3.96. The first kappa shape index (κ1) is 16.5. The van der Waals surface area contributed by atoms with Crippen LogP contribution in [0.3, 0.4) is 0 Å². The Kier molecular flexibility index (Phi) is 4.82. The Morgan fingerprint density at radius 3 is 3.21 bits per heavy atom. The lowest BCUT2D eigenvalue weighted by Crippen LogP contribution is -2.18. The van der Waals surface area contributed by atoms with Gasteiger partial charge in [-0.25, -0.2) is 9.98 Å². The SMILES string of the molecule is Cl.Oc1nc(NCC2CCCO2)[nH]c1/C=C1\C=Nc2ncccc21. The fraction of sp³-hybridized carbons (Fsp3) is 0.312. The van der Waals surface area contributed by atoms with E-state index in [0.717, 1.165) is 30.6 Å². The number of hydrogen-bond donors (Lipinski definition) is 3. The van der Waals surface area contributed by atoms with Gasteiger partial charge in [-0.2, -0.15) is 4.98 Å². The molecule has 4 heterocycles. The van der Waals surface area contributed by atoms with Crippen molar-refractivity contribution in [1.29, 1.82) is 0 Å². The smallest absolute Gasteiger partial charge is 0.238 e. The molecule has 0 amide bonds. The summed E-state index contributed by atoms with van der Waals surface area (Å²) in [6.07, 6.45) is 7.62. The summed E-state index contributed by atoms with van der Waals surface area (Å²) in [7, 11) is 0. The fourth-order valence-corrected chi connectivity index (χ4v) is 2.77. The van der Waals surface area contributed by atoms with Gasteiger partial charge in [-0.3, -0.25) is 0 Å². The second-order valence-corrected chi connectivity index (χ2v) is 5.57. The van der Waals surface area contributed by atoms with E-state index in [9.17, 15) is 5.11 Å². The van der Waals surface area contributed by atoms with Gasteiger partial charge >= 0.3 is 0 Å². The van der Waals surface area contributed by atoms with Gasteiger partial charge in [-0.05, 0) is 31.1 Å². The number of hydrogen-bond acceptors (Lipinski definition) is 6. The number of aromatic nitrogens is 3. The van der Waals surface area contributed by atoms with Crippen molar-refractivity contribution in [2.45, 2.75) is 18.9 Å². The zero-order valence-electron chi connectivity index (χ0n) is 12.9. The highest BCUT2D eigenvalue weighted by Gasteiger charge is 2.17. The molecule has 1 saturated heterocycles. The Labute approximate surface area is 145 Å². The first-order valence-corrected chi connectivity index (χ1v) is 7.65. The number of aromatic amines is 1. The predicted molar refractivity (Wildman–Crippen MR) is 95.2 cm³/mol. The van der Waals surface area contributed by atoms with Gasteiger partial charge in [-0.15, -0.1) is 12.4 Å². The van der Waals surface area contributed by atoms with Crippen LogP contribution >= 0.6 is 12.4 Å². The summed E-state index contributed by atoms with van der Waals surface area (Å²) in [5.74, 6) is 1.18. The Morgan fingerprint density at radius 1 is 1.46 bits per heavy atom. The number of aromatic hydroxyl groups is 1. The van der Waals surface area contributed by atoms with E-state index in [0.29, 0.717) is 24.0 Å². The molecule has 1 unspecified atom stereocenters. The average molecular weight is 348 g/mol. The first-order valence-electron chi connectivity index (χ1n) is 7.65. The van der Waals surface area contributed by atoms with Crippen LogP contribution in [0.2, 0.25) is 0 Å². The minimum absolute atomic E-state index is 0. The number of rotatable bonds is 4. The molecule has 4 rings (SSSR count). The second kappa shape index (κ2) is 7.02. The quantitative estimate of drug-likeness (QED) is 0.790. The lowest BCUT2D eigenvalue weighted by atomic mass is 10.1. The summed E-state index contributed by atoms with van der Waals surface area (Å²) in [5, 5.41) is 13.2. The van der Waals surface area contributed by atoms with Crippen LogP contribution in [-0.4, -0.2) is 45.5 Å². The van der Waals surface area contributed by atoms with Crippen LogP contribution in [0.1, 0.15) is 24.1 Å². The number of anilines is 1. The number of halogens is 1. The molecule has 0 bridgehead atoms. The molecule has 24 heavy (non-hydrogen) atoms. The number of allylic oxidation sites excluding steroid dienone is 1. The highest BCUT2D eigenvalue weighted by molar-refractivity contribution is 6.20.